The van der Waals surface area contributed by atoms with Crippen LogP contribution in [0.4, 0.5) is 14.5 Å². The van der Waals surface area contributed by atoms with Crippen molar-refractivity contribution < 1.29 is 8.78 Å². The minimum absolute atomic E-state index is 0.239. The molecule has 0 bridgehead atoms. The van der Waals surface area contributed by atoms with Crippen LogP contribution in [-0.4, -0.2) is 11.1 Å². The molecule has 0 aliphatic carbocycles. The summed E-state index contributed by atoms with van der Waals surface area (Å²) in [6.07, 6.45) is 1.53. The highest BCUT2D eigenvalue weighted by atomic mass is 32.1. The van der Waals surface area contributed by atoms with Gasteiger partial charge in [-0.3, -0.25) is 0 Å². The first kappa shape index (κ1) is 17.5. The average molecular weight is 359 g/mol. The number of hydrogen-bond donors (Lipinski definition) is 1. The van der Waals surface area contributed by atoms with Gasteiger partial charge in [-0.1, -0.05) is 12.1 Å². The second-order valence-corrected chi connectivity index (χ2v) is 6.53. The van der Waals surface area contributed by atoms with Crippen LogP contribution in [0.5, 0.6) is 0 Å². The molecule has 6 heteroatoms. The largest absolute Gasteiger partial charge is 0.330 e. The van der Waals surface area contributed by atoms with Gasteiger partial charge in [0.05, 0.1) is 5.69 Å². The summed E-state index contributed by atoms with van der Waals surface area (Å²) >= 11 is 1.54. The third-order valence-electron chi connectivity index (χ3n) is 3.81. The van der Waals surface area contributed by atoms with Gasteiger partial charge < -0.3 is 10.3 Å². The monoisotopic (exact) mass is 359 g/mol. The molecule has 0 atom stereocenters. The Morgan fingerprint density at radius 1 is 0.960 bits per heavy atom. The number of halogens is 2. The van der Waals surface area contributed by atoms with E-state index in [4.69, 9.17) is 5.73 Å². The lowest BCUT2D eigenvalue weighted by molar-refractivity contribution is 0.612. The van der Waals surface area contributed by atoms with E-state index in [1.54, 1.807) is 24.3 Å². The summed E-state index contributed by atoms with van der Waals surface area (Å²) in [6, 6.07) is 12.6. The summed E-state index contributed by atoms with van der Waals surface area (Å²) < 4.78 is 28.3. The third kappa shape index (κ3) is 4.61. The Balaban J connectivity index is 1.94. The summed E-state index contributed by atoms with van der Waals surface area (Å²) in [6.45, 7) is 1.35. The van der Waals surface area contributed by atoms with E-state index >= 15 is 0 Å². The maximum Gasteiger partial charge on any atom is 0.190 e. The van der Waals surface area contributed by atoms with Crippen molar-refractivity contribution in [1.29, 1.82) is 0 Å². The highest BCUT2D eigenvalue weighted by Crippen LogP contribution is 2.15. The maximum atomic E-state index is 13.1. The number of benzene rings is 2. The molecule has 0 fully saturated rings. The van der Waals surface area contributed by atoms with Crippen LogP contribution in [-0.2, 0) is 13.0 Å². The van der Waals surface area contributed by atoms with Gasteiger partial charge in [-0.15, -0.1) is 11.3 Å². The van der Waals surface area contributed by atoms with Crippen LogP contribution in [0.1, 0.15) is 17.7 Å². The van der Waals surface area contributed by atoms with Gasteiger partial charge in [-0.05, 0) is 54.9 Å². The second kappa shape index (κ2) is 8.18. The van der Waals surface area contributed by atoms with Crippen LogP contribution in [0, 0.1) is 11.6 Å². The smallest absolute Gasteiger partial charge is 0.190 e. The van der Waals surface area contributed by atoms with Gasteiger partial charge in [-0.25, -0.2) is 13.8 Å². The maximum absolute atomic E-state index is 13.1. The van der Waals surface area contributed by atoms with Crippen LogP contribution in [0.25, 0.3) is 0 Å². The van der Waals surface area contributed by atoms with Crippen LogP contribution >= 0.6 is 11.3 Å². The van der Waals surface area contributed by atoms with Crippen LogP contribution < -0.4 is 10.5 Å². The first-order chi connectivity index (χ1) is 12.2. The summed E-state index contributed by atoms with van der Waals surface area (Å²) in [5.74, 6) is -0.518. The fourth-order valence-corrected chi connectivity index (χ4v) is 3.47. The zero-order chi connectivity index (χ0) is 17.6. The lowest BCUT2D eigenvalue weighted by Crippen LogP contribution is -2.19. The van der Waals surface area contributed by atoms with E-state index < -0.39 is 0 Å². The van der Waals surface area contributed by atoms with Crippen molar-refractivity contribution in [2.45, 2.75) is 19.4 Å². The lowest BCUT2D eigenvalue weighted by atomic mass is 10.1. The fraction of sp³-hybridized carbons (Fsp3) is 0.211. The Morgan fingerprint density at radius 3 is 2.24 bits per heavy atom. The van der Waals surface area contributed by atoms with E-state index in [0.717, 1.165) is 29.0 Å². The molecule has 0 saturated heterocycles. The zero-order valence-corrected chi connectivity index (χ0v) is 14.5. The Hall–Kier alpha value is -2.31. The number of aromatic nitrogens is 1. The Bertz CT molecular complexity index is 880. The highest BCUT2D eigenvalue weighted by Gasteiger charge is 2.07. The standard InChI is InChI=1S/C19H19F2N3S/c20-15-4-2-14(3-5-15)12-18-13-25-19(24(18)11-1-10-22)23-17-8-6-16(21)7-9-17/h2-9,13H,1,10-12,22H2/b23-19-. The van der Waals surface area contributed by atoms with E-state index in [1.807, 2.05) is 0 Å². The van der Waals surface area contributed by atoms with Crippen molar-refractivity contribution in [2.75, 3.05) is 6.54 Å². The van der Waals surface area contributed by atoms with Crippen molar-refractivity contribution in [3.63, 3.8) is 0 Å². The fourth-order valence-electron chi connectivity index (χ4n) is 2.52. The minimum atomic E-state index is -0.280. The van der Waals surface area contributed by atoms with Gasteiger partial charge in [-0.2, -0.15) is 0 Å². The quantitative estimate of drug-likeness (QED) is 0.710. The highest BCUT2D eigenvalue weighted by molar-refractivity contribution is 7.07. The van der Waals surface area contributed by atoms with Crippen LogP contribution in [0.2, 0.25) is 0 Å². The van der Waals surface area contributed by atoms with Crippen LogP contribution in [0.15, 0.2) is 58.9 Å². The van der Waals surface area contributed by atoms with Crippen molar-refractivity contribution in [3.8, 4) is 0 Å². The predicted octanol–water partition coefficient (Wildman–Crippen LogP) is 4.00. The summed E-state index contributed by atoms with van der Waals surface area (Å²) in [7, 11) is 0. The molecule has 0 saturated carbocycles. The summed E-state index contributed by atoms with van der Waals surface area (Å²) in [4.78, 5) is 5.47. The molecule has 3 aromatic rings. The zero-order valence-electron chi connectivity index (χ0n) is 13.7. The number of rotatable bonds is 6. The SMILES string of the molecule is NCCCn1c(Cc2ccc(F)cc2)cs/c1=N\c1ccc(F)cc1. The number of thiazole rings is 1. The molecule has 3 nitrogen and oxygen atoms in total. The summed E-state index contributed by atoms with van der Waals surface area (Å²) in [5, 5.41) is 2.06. The minimum Gasteiger partial charge on any atom is -0.330 e. The Morgan fingerprint density at radius 2 is 1.60 bits per heavy atom. The normalized spacial score (nSPS) is 11.9. The van der Waals surface area contributed by atoms with E-state index in [0.29, 0.717) is 18.7 Å². The molecule has 1 aromatic heterocycles. The van der Waals surface area contributed by atoms with Gasteiger partial charge in [0.15, 0.2) is 4.80 Å². The molecule has 0 amide bonds. The molecule has 3 rings (SSSR count). The van der Waals surface area contributed by atoms with E-state index in [9.17, 15) is 8.78 Å². The van der Waals surface area contributed by atoms with Crippen molar-refractivity contribution in [1.82, 2.24) is 4.57 Å². The summed E-state index contributed by atoms with van der Waals surface area (Å²) in [5.41, 5.74) is 8.51. The molecule has 25 heavy (non-hydrogen) atoms. The van der Waals surface area contributed by atoms with E-state index in [1.165, 1.54) is 35.6 Å². The first-order valence-corrected chi connectivity index (χ1v) is 8.95. The molecule has 0 aliphatic heterocycles. The van der Waals surface area contributed by atoms with Gasteiger partial charge in [0.1, 0.15) is 11.6 Å². The Labute approximate surface area is 149 Å². The number of nitrogens with two attached hydrogens (primary N) is 1. The van der Waals surface area contributed by atoms with Gasteiger partial charge in [0.25, 0.3) is 0 Å². The molecule has 0 spiro atoms. The van der Waals surface area contributed by atoms with Crippen molar-refractivity contribution >= 4 is 17.0 Å². The molecular weight excluding hydrogens is 340 g/mol. The number of nitrogens with zero attached hydrogens (tertiary/aromatic N) is 2. The third-order valence-corrected chi connectivity index (χ3v) is 4.73. The predicted molar refractivity (Wildman–Crippen MR) is 96.8 cm³/mol. The molecule has 130 valence electrons. The van der Waals surface area contributed by atoms with Gasteiger partial charge in [0.2, 0.25) is 0 Å². The number of hydrogen-bond acceptors (Lipinski definition) is 3. The lowest BCUT2D eigenvalue weighted by Gasteiger charge is -2.08. The van der Waals surface area contributed by atoms with E-state index in [-0.39, 0.29) is 11.6 Å². The molecule has 1 heterocycles. The van der Waals surface area contributed by atoms with Crippen molar-refractivity contribution in [3.05, 3.63) is 81.6 Å². The molecule has 2 aromatic carbocycles. The van der Waals surface area contributed by atoms with Gasteiger partial charge in [0, 0.05) is 24.0 Å². The van der Waals surface area contributed by atoms with Crippen LogP contribution in [0.3, 0.4) is 0 Å². The molecular formula is C19H19F2N3S. The molecule has 2 N–H and O–H groups in total. The van der Waals surface area contributed by atoms with Gasteiger partial charge >= 0.3 is 0 Å². The molecule has 0 radical (unpaired) electrons. The molecule has 0 unspecified atom stereocenters. The van der Waals surface area contributed by atoms with Crippen molar-refractivity contribution in [2.24, 2.45) is 10.7 Å². The molecule has 0 aliphatic rings. The second-order valence-electron chi connectivity index (χ2n) is 5.69. The average Bonchev–Trinajstić information content (AvgIpc) is 2.98. The topological polar surface area (TPSA) is 43.3 Å². The van der Waals surface area contributed by atoms with E-state index in [2.05, 4.69) is 14.9 Å². The first-order valence-electron chi connectivity index (χ1n) is 8.08. The Kier molecular flexibility index (Phi) is 5.73.